The molecule has 2 heterocycles. The van der Waals surface area contributed by atoms with Crippen molar-refractivity contribution in [3.63, 3.8) is 0 Å². The first-order valence-electron chi connectivity index (χ1n) is 6.23. The molecule has 0 unspecified atom stereocenters. The van der Waals surface area contributed by atoms with Crippen LogP contribution in [0.15, 0.2) is 39.1 Å². The molecule has 1 aromatic carbocycles. The molecular formula is C13H9F2N3O3S2. The van der Waals surface area contributed by atoms with E-state index in [1.807, 2.05) is 0 Å². The van der Waals surface area contributed by atoms with Crippen LogP contribution >= 0.6 is 11.3 Å². The summed E-state index contributed by atoms with van der Waals surface area (Å²) in [6.07, 6.45) is 0. The van der Waals surface area contributed by atoms with E-state index in [0.717, 1.165) is 29.5 Å². The molecule has 0 aliphatic carbocycles. The van der Waals surface area contributed by atoms with E-state index in [1.165, 1.54) is 6.07 Å². The Kier molecular flexibility index (Phi) is 3.86. The largest absolute Gasteiger partial charge is 0.333 e. The molecule has 120 valence electrons. The van der Waals surface area contributed by atoms with Gasteiger partial charge in [-0.25, -0.2) is 17.2 Å². The molecule has 0 atom stereocenters. The maximum absolute atomic E-state index is 13.7. The van der Waals surface area contributed by atoms with Crippen molar-refractivity contribution in [2.45, 2.75) is 11.8 Å². The molecule has 3 rings (SSSR count). The fourth-order valence-corrected chi connectivity index (χ4v) is 3.93. The van der Waals surface area contributed by atoms with Gasteiger partial charge in [0.05, 0.1) is 5.69 Å². The molecule has 6 nitrogen and oxygen atoms in total. The van der Waals surface area contributed by atoms with Crippen molar-refractivity contribution in [2.24, 2.45) is 0 Å². The van der Waals surface area contributed by atoms with Gasteiger partial charge in [-0.15, -0.1) is 11.3 Å². The zero-order valence-corrected chi connectivity index (χ0v) is 13.2. The Balaban J connectivity index is 2.01. The summed E-state index contributed by atoms with van der Waals surface area (Å²) in [5, 5.41) is 5.21. The maximum Gasteiger partial charge on any atom is 0.270 e. The second-order valence-electron chi connectivity index (χ2n) is 4.47. The molecule has 0 fully saturated rings. The SMILES string of the molecule is Cc1noc(-c2sccc2NS(=O)(=O)c2c(F)cccc2F)n1. The first-order chi connectivity index (χ1) is 10.9. The van der Waals surface area contributed by atoms with Crippen LogP contribution in [0.5, 0.6) is 0 Å². The van der Waals surface area contributed by atoms with Gasteiger partial charge in [-0.3, -0.25) is 4.72 Å². The fraction of sp³-hybridized carbons (Fsp3) is 0.0769. The van der Waals surface area contributed by atoms with Crippen LogP contribution in [-0.2, 0) is 10.0 Å². The predicted octanol–water partition coefficient (Wildman–Crippen LogP) is 3.19. The van der Waals surface area contributed by atoms with E-state index in [9.17, 15) is 17.2 Å². The van der Waals surface area contributed by atoms with Crippen molar-refractivity contribution < 1.29 is 21.7 Å². The fourth-order valence-electron chi connectivity index (χ4n) is 1.88. The van der Waals surface area contributed by atoms with E-state index in [0.29, 0.717) is 10.7 Å². The third-order valence-corrected chi connectivity index (χ3v) is 5.14. The van der Waals surface area contributed by atoms with Crippen LogP contribution in [0.2, 0.25) is 0 Å². The molecule has 0 saturated heterocycles. The number of hydrogen-bond donors (Lipinski definition) is 1. The molecule has 0 spiro atoms. The minimum atomic E-state index is -4.45. The summed E-state index contributed by atoms with van der Waals surface area (Å²) in [5.41, 5.74) is 0.0984. The number of benzene rings is 1. The lowest BCUT2D eigenvalue weighted by Crippen LogP contribution is -2.16. The van der Waals surface area contributed by atoms with E-state index >= 15 is 0 Å². The number of halogens is 2. The van der Waals surface area contributed by atoms with Gasteiger partial charge in [0.15, 0.2) is 10.7 Å². The standard InChI is InChI=1S/C13H9F2N3O3S2/c1-7-16-13(21-17-7)11-10(5-6-22-11)18-23(19,20)12-8(14)3-2-4-9(12)15/h2-6,18H,1H3. The zero-order chi connectivity index (χ0) is 16.6. The van der Waals surface area contributed by atoms with Gasteiger partial charge < -0.3 is 4.52 Å². The molecule has 23 heavy (non-hydrogen) atoms. The summed E-state index contributed by atoms with van der Waals surface area (Å²) in [6, 6.07) is 4.26. The highest BCUT2D eigenvalue weighted by Crippen LogP contribution is 2.34. The summed E-state index contributed by atoms with van der Waals surface area (Å²) in [7, 11) is -4.45. The molecule has 0 aliphatic heterocycles. The van der Waals surface area contributed by atoms with E-state index < -0.39 is 26.6 Å². The molecule has 0 radical (unpaired) electrons. The van der Waals surface area contributed by atoms with Crippen molar-refractivity contribution in [2.75, 3.05) is 4.72 Å². The molecule has 0 amide bonds. The minimum Gasteiger partial charge on any atom is -0.333 e. The van der Waals surface area contributed by atoms with Crippen LogP contribution in [-0.4, -0.2) is 18.6 Å². The van der Waals surface area contributed by atoms with E-state index in [-0.39, 0.29) is 11.6 Å². The van der Waals surface area contributed by atoms with Gasteiger partial charge in [-0.1, -0.05) is 11.2 Å². The Bertz CT molecular complexity index is 946. The average Bonchev–Trinajstić information content (AvgIpc) is 3.06. The molecule has 0 aliphatic rings. The van der Waals surface area contributed by atoms with Gasteiger partial charge in [0, 0.05) is 0 Å². The van der Waals surface area contributed by atoms with Crippen molar-refractivity contribution in [3.8, 4) is 10.8 Å². The highest BCUT2D eigenvalue weighted by atomic mass is 32.2. The van der Waals surface area contributed by atoms with Gasteiger partial charge in [0.2, 0.25) is 0 Å². The van der Waals surface area contributed by atoms with E-state index in [1.54, 1.807) is 12.3 Å². The lowest BCUT2D eigenvalue weighted by atomic mass is 10.3. The van der Waals surface area contributed by atoms with Gasteiger partial charge in [0.25, 0.3) is 15.9 Å². The lowest BCUT2D eigenvalue weighted by molar-refractivity contribution is 0.426. The second-order valence-corrected chi connectivity index (χ2v) is 7.00. The summed E-state index contributed by atoms with van der Waals surface area (Å²) in [6.45, 7) is 1.61. The van der Waals surface area contributed by atoms with Crippen LogP contribution < -0.4 is 4.72 Å². The Labute approximate surface area is 133 Å². The van der Waals surface area contributed by atoms with Gasteiger partial charge in [-0.2, -0.15) is 4.98 Å². The summed E-state index contributed by atoms with van der Waals surface area (Å²) < 4.78 is 59.1. The molecule has 1 N–H and O–H groups in total. The molecule has 0 bridgehead atoms. The van der Waals surface area contributed by atoms with Crippen LogP contribution in [0.1, 0.15) is 5.82 Å². The highest BCUT2D eigenvalue weighted by molar-refractivity contribution is 7.92. The molecule has 2 aromatic heterocycles. The molecule has 10 heteroatoms. The smallest absolute Gasteiger partial charge is 0.270 e. The van der Waals surface area contributed by atoms with E-state index in [4.69, 9.17) is 4.52 Å². The first kappa shape index (κ1) is 15.6. The van der Waals surface area contributed by atoms with Crippen LogP contribution in [0.3, 0.4) is 0 Å². The predicted molar refractivity (Wildman–Crippen MR) is 79.5 cm³/mol. The third-order valence-electron chi connectivity index (χ3n) is 2.82. The zero-order valence-electron chi connectivity index (χ0n) is 11.6. The summed E-state index contributed by atoms with van der Waals surface area (Å²) in [4.78, 5) is 3.31. The first-order valence-corrected chi connectivity index (χ1v) is 8.60. The number of rotatable bonds is 4. The van der Waals surface area contributed by atoms with E-state index in [2.05, 4.69) is 14.9 Å². The third kappa shape index (κ3) is 2.94. The number of sulfonamides is 1. The lowest BCUT2D eigenvalue weighted by Gasteiger charge is -2.09. The Morgan fingerprint density at radius 3 is 2.52 bits per heavy atom. The molecule has 3 aromatic rings. The Morgan fingerprint density at radius 2 is 1.91 bits per heavy atom. The monoisotopic (exact) mass is 357 g/mol. The maximum atomic E-state index is 13.7. The summed E-state index contributed by atoms with van der Waals surface area (Å²) >= 11 is 1.15. The summed E-state index contributed by atoms with van der Waals surface area (Å²) in [5.74, 6) is -1.86. The van der Waals surface area contributed by atoms with Gasteiger partial charge in [0.1, 0.15) is 16.5 Å². The number of thiophene rings is 1. The average molecular weight is 357 g/mol. The van der Waals surface area contributed by atoms with Crippen molar-refractivity contribution in [1.82, 2.24) is 10.1 Å². The number of hydrogen-bond acceptors (Lipinski definition) is 6. The second kappa shape index (κ2) is 5.70. The van der Waals surface area contributed by atoms with Gasteiger partial charge in [-0.05, 0) is 30.5 Å². The van der Waals surface area contributed by atoms with Crippen molar-refractivity contribution in [1.29, 1.82) is 0 Å². The number of nitrogens with zero attached hydrogens (tertiary/aromatic N) is 2. The molecular weight excluding hydrogens is 348 g/mol. The number of nitrogens with one attached hydrogen (secondary N) is 1. The van der Waals surface area contributed by atoms with Crippen molar-refractivity contribution in [3.05, 3.63) is 47.1 Å². The van der Waals surface area contributed by atoms with Crippen LogP contribution in [0.4, 0.5) is 14.5 Å². The minimum absolute atomic E-state index is 0.0984. The quantitative estimate of drug-likeness (QED) is 0.775. The van der Waals surface area contributed by atoms with Crippen LogP contribution in [0, 0.1) is 18.6 Å². The number of aromatic nitrogens is 2. The molecule has 0 saturated carbocycles. The number of anilines is 1. The Hall–Kier alpha value is -2.33. The highest BCUT2D eigenvalue weighted by Gasteiger charge is 2.26. The normalized spacial score (nSPS) is 11.6. The van der Waals surface area contributed by atoms with Gasteiger partial charge >= 0.3 is 0 Å². The Morgan fingerprint density at radius 1 is 1.22 bits per heavy atom. The van der Waals surface area contributed by atoms with Crippen molar-refractivity contribution >= 4 is 27.0 Å². The number of aryl methyl sites for hydroxylation is 1. The van der Waals surface area contributed by atoms with Crippen LogP contribution in [0.25, 0.3) is 10.8 Å². The topological polar surface area (TPSA) is 85.1 Å².